The van der Waals surface area contributed by atoms with Crippen LogP contribution in [0.25, 0.3) is 0 Å². The molecule has 2 atom stereocenters. The zero-order valence-electron chi connectivity index (χ0n) is 20.1. The Labute approximate surface area is 181 Å². The van der Waals surface area contributed by atoms with Crippen molar-refractivity contribution in [1.82, 2.24) is 0 Å². The first kappa shape index (κ1) is 25.0. The maximum atomic E-state index is 13.6. The highest BCUT2D eigenvalue weighted by molar-refractivity contribution is 6.74. The molecule has 0 unspecified atom stereocenters. The molecular formula is C22H38O7Si. The molecule has 2 aliphatic rings. The molecule has 1 heterocycles. The van der Waals surface area contributed by atoms with Crippen LogP contribution in [0.2, 0.25) is 18.1 Å². The Morgan fingerprint density at radius 1 is 1.23 bits per heavy atom. The highest BCUT2D eigenvalue weighted by Gasteiger charge is 2.73. The van der Waals surface area contributed by atoms with Crippen molar-refractivity contribution in [2.75, 3.05) is 20.8 Å². The monoisotopic (exact) mass is 442 g/mol. The molecule has 7 nitrogen and oxygen atoms in total. The maximum absolute atomic E-state index is 13.6. The molecule has 0 aromatic carbocycles. The van der Waals surface area contributed by atoms with Gasteiger partial charge in [0.1, 0.15) is 0 Å². The molecule has 0 N–H and O–H groups in total. The van der Waals surface area contributed by atoms with E-state index in [4.69, 9.17) is 23.4 Å². The molecule has 0 aromatic heterocycles. The fraction of sp³-hybridized carbons (Fsp3) is 0.818. The summed E-state index contributed by atoms with van der Waals surface area (Å²) in [7, 11) is 0.642. The number of methoxy groups -OCH3 is 2. The van der Waals surface area contributed by atoms with Crippen molar-refractivity contribution in [1.29, 1.82) is 0 Å². The second-order valence-electron chi connectivity index (χ2n) is 10.2. The number of ketones is 1. The summed E-state index contributed by atoms with van der Waals surface area (Å²) >= 11 is 0. The highest BCUT2D eigenvalue weighted by atomic mass is 28.4. The third kappa shape index (κ3) is 3.87. The van der Waals surface area contributed by atoms with Gasteiger partial charge in [-0.05, 0) is 38.9 Å². The third-order valence-electron chi connectivity index (χ3n) is 6.65. The average molecular weight is 443 g/mol. The third-order valence-corrected chi connectivity index (χ3v) is 11.0. The molecule has 0 saturated carbocycles. The molecule has 1 fully saturated rings. The van der Waals surface area contributed by atoms with Gasteiger partial charge < -0.3 is 23.4 Å². The summed E-state index contributed by atoms with van der Waals surface area (Å²) in [4.78, 5) is 26.9. The molecule has 172 valence electrons. The van der Waals surface area contributed by atoms with Crippen molar-refractivity contribution in [2.45, 2.75) is 90.0 Å². The normalized spacial score (nSPS) is 28.4. The van der Waals surface area contributed by atoms with Crippen molar-refractivity contribution in [3.63, 3.8) is 0 Å². The first-order valence-electron chi connectivity index (χ1n) is 10.5. The Hall–Kier alpha value is -1.22. The average Bonchev–Trinajstić information content (AvgIpc) is 2.58. The molecule has 30 heavy (non-hydrogen) atoms. The summed E-state index contributed by atoms with van der Waals surface area (Å²) in [6, 6.07) is 0. The first-order chi connectivity index (χ1) is 13.6. The Bertz CT molecular complexity index is 715. The van der Waals surface area contributed by atoms with Crippen molar-refractivity contribution in [3.8, 4) is 0 Å². The van der Waals surface area contributed by atoms with E-state index in [1.807, 2.05) is 13.8 Å². The minimum Gasteiger partial charge on any atom is -0.546 e. The smallest absolute Gasteiger partial charge is 0.328 e. The van der Waals surface area contributed by atoms with Crippen molar-refractivity contribution in [2.24, 2.45) is 5.41 Å². The molecular weight excluding hydrogens is 404 g/mol. The lowest BCUT2D eigenvalue weighted by Gasteiger charge is -2.55. The van der Waals surface area contributed by atoms with E-state index < -0.39 is 37.2 Å². The van der Waals surface area contributed by atoms with Gasteiger partial charge in [-0.2, -0.15) is 0 Å². The fourth-order valence-corrected chi connectivity index (χ4v) is 5.21. The lowest BCUT2D eigenvalue weighted by Crippen LogP contribution is -2.71. The maximum Gasteiger partial charge on any atom is 0.328 e. The number of carbonyl (C=O) groups excluding carboxylic acids is 2. The van der Waals surface area contributed by atoms with Crippen molar-refractivity contribution >= 4 is 20.1 Å². The van der Waals surface area contributed by atoms with Crippen LogP contribution < -0.4 is 0 Å². The van der Waals surface area contributed by atoms with E-state index in [0.717, 1.165) is 0 Å². The van der Waals surface area contributed by atoms with Gasteiger partial charge in [0.15, 0.2) is 5.78 Å². The van der Waals surface area contributed by atoms with Crippen LogP contribution in [0.5, 0.6) is 0 Å². The van der Waals surface area contributed by atoms with Gasteiger partial charge in [0.25, 0.3) is 0 Å². The summed E-state index contributed by atoms with van der Waals surface area (Å²) < 4.78 is 29.8. The molecule has 2 rings (SSSR count). The molecule has 1 aliphatic heterocycles. The van der Waals surface area contributed by atoms with Crippen LogP contribution in [-0.4, -0.2) is 58.4 Å². The quantitative estimate of drug-likeness (QED) is 0.266. The van der Waals surface area contributed by atoms with Crippen LogP contribution in [0.15, 0.2) is 11.8 Å². The molecule has 0 aromatic rings. The van der Waals surface area contributed by atoms with Crippen LogP contribution in [0, 0.1) is 5.41 Å². The lowest BCUT2D eigenvalue weighted by atomic mass is 9.62. The highest BCUT2D eigenvalue weighted by Crippen LogP contribution is 2.54. The number of hydrogen-bond donors (Lipinski definition) is 0. The molecule has 0 radical (unpaired) electrons. The van der Waals surface area contributed by atoms with E-state index in [0.29, 0.717) is 5.76 Å². The predicted molar refractivity (Wildman–Crippen MR) is 115 cm³/mol. The van der Waals surface area contributed by atoms with Gasteiger partial charge in [-0.1, -0.05) is 20.8 Å². The van der Waals surface area contributed by atoms with E-state index in [2.05, 4.69) is 33.9 Å². The van der Waals surface area contributed by atoms with Gasteiger partial charge in [0.05, 0.1) is 24.1 Å². The van der Waals surface area contributed by atoms with E-state index >= 15 is 0 Å². The summed E-state index contributed by atoms with van der Waals surface area (Å²) in [6.45, 7) is 16.2. The van der Waals surface area contributed by atoms with Gasteiger partial charge in [-0.15, -0.1) is 0 Å². The van der Waals surface area contributed by atoms with Crippen LogP contribution in [0.4, 0.5) is 0 Å². The zero-order chi connectivity index (χ0) is 23.2. The van der Waals surface area contributed by atoms with Gasteiger partial charge >= 0.3 is 5.97 Å². The number of esters is 1. The summed E-state index contributed by atoms with van der Waals surface area (Å²) in [5.74, 6) is -2.08. The molecule has 0 amide bonds. The minimum atomic E-state index is -2.19. The topological polar surface area (TPSA) is 80.3 Å². The predicted octanol–water partition coefficient (Wildman–Crippen LogP) is 3.97. The molecule has 8 heteroatoms. The SMILES string of the molecule is CCOC(=O)[C@@]12C(=O)CC(C)(C)O[C@@H]1CC(O[Si](C)(C)C(C)(C)C)=CC2(OC)OC. The Balaban J connectivity index is 2.69. The van der Waals surface area contributed by atoms with Gasteiger partial charge in [-0.25, -0.2) is 0 Å². The van der Waals surface area contributed by atoms with Crippen molar-refractivity contribution < 1.29 is 33.0 Å². The summed E-state index contributed by atoms with van der Waals surface area (Å²) in [5, 5.41) is -0.0329. The first-order valence-corrected chi connectivity index (χ1v) is 13.4. The number of Topliss-reactive ketones (excluding diaryl/α,β-unsaturated/α-hetero) is 1. The van der Waals surface area contributed by atoms with Crippen LogP contribution in [0.1, 0.15) is 54.4 Å². The number of carbonyl (C=O) groups is 2. The second-order valence-corrected chi connectivity index (χ2v) is 15.0. The van der Waals surface area contributed by atoms with Crippen LogP contribution >= 0.6 is 0 Å². The number of fused-ring (bicyclic) bond motifs is 1. The molecule has 1 aliphatic carbocycles. The van der Waals surface area contributed by atoms with E-state index in [1.165, 1.54) is 14.2 Å². The summed E-state index contributed by atoms with van der Waals surface area (Å²) in [5.41, 5.74) is -2.49. The Kier molecular flexibility index (Phi) is 6.71. The number of hydrogen-bond acceptors (Lipinski definition) is 7. The zero-order valence-corrected chi connectivity index (χ0v) is 21.1. The lowest BCUT2D eigenvalue weighted by molar-refractivity contribution is -0.291. The van der Waals surface area contributed by atoms with E-state index in [1.54, 1.807) is 13.0 Å². The number of ether oxygens (including phenoxy) is 4. The number of rotatable bonds is 6. The van der Waals surface area contributed by atoms with Crippen LogP contribution in [-0.2, 0) is 33.0 Å². The standard InChI is InChI=1S/C22H38O7Si/c1-11-27-18(24)22-16(23)14-20(5,6)28-17(22)12-15(13-21(22,25-7)26-8)29-30(9,10)19(2,3)4/h13,17H,11-12,14H2,1-10H3/t17-,22-/m1/s1. The van der Waals surface area contributed by atoms with Crippen LogP contribution in [0.3, 0.4) is 0 Å². The minimum absolute atomic E-state index is 0.0329. The van der Waals surface area contributed by atoms with Gasteiger partial charge in [0.2, 0.25) is 19.5 Å². The van der Waals surface area contributed by atoms with E-state index in [-0.39, 0.29) is 30.3 Å². The molecule has 0 spiro atoms. The summed E-state index contributed by atoms with van der Waals surface area (Å²) in [6.07, 6.45) is 1.11. The molecule has 0 bridgehead atoms. The van der Waals surface area contributed by atoms with Gasteiger partial charge in [0, 0.05) is 33.1 Å². The fourth-order valence-electron chi connectivity index (χ4n) is 4.11. The van der Waals surface area contributed by atoms with Crippen molar-refractivity contribution in [3.05, 3.63) is 11.8 Å². The molecule has 1 saturated heterocycles. The Morgan fingerprint density at radius 2 is 1.80 bits per heavy atom. The van der Waals surface area contributed by atoms with E-state index in [9.17, 15) is 9.59 Å². The largest absolute Gasteiger partial charge is 0.546 e. The van der Waals surface area contributed by atoms with Gasteiger partial charge in [-0.3, -0.25) is 9.59 Å². The second kappa shape index (κ2) is 8.04. The Morgan fingerprint density at radius 3 is 2.27 bits per heavy atom.